The quantitative estimate of drug-likeness (QED) is 0.410. The van der Waals surface area contributed by atoms with Gasteiger partial charge in [-0.2, -0.15) is 26.3 Å². The molecule has 7 nitrogen and oxygen atoms in total. The standard InChI is InChI=1S/C29H28F8N2O5S/c1-38-15-23-26(45(43,44)20-4-2-3-19(30)14-20,11-12-39(23)24(40)16-5-7-17(8-6-16)25(41)42)21-10-9-18(13-22(21)38)27(31,28(32,33)34)29(35,36)37/h2-4,9-10,13-14,16-17,23H,5-8,11-12,15H2,1H3,(H,41,42). The van der Waals surface area contributed by atoms with Crippen LogP contribution in [0, 0.1) is 17.7 Å². The number of carbonyl (C=O) groups excluding carboxylic acids is 1. The molecule has 0 bridgehead atoms. The van der Waals surface area contributed by atoms with E-state index in [-0.39, 0.29) is 56.8 Å². The summed E-state index contributed by atoms with van der Waals surface area (Å²) in [6, 6.07) is 3.98. The highest BCUT2D eigenvalue weighted by Gasteiger charge is 2.74. The number of carbonyl (C=O) groups is 2. The van der Waals surface area contributed by atoms with Crippen molar-refractivity contribution in [1.82, 2.24) is 4.90 Å². The zero-order valence-corrected chi connectivity index (χ0v) is 24.4. The van der Waals surface area contributed by atoms with E-state index in [1.807, 2.05) is 0 Å². The van der Waals surface area contributed by atoms with Crippen molar-refractivity contribution >= 4 is 27.4 Å². The molecule has 1 amide bonds. The van der Waals surface area contributed by atoms with Gasteiger partial charge in [0.15, 0.2) is 9.84 Å². The van der Waals surface area contributed by atoms with Gasteiger partial charge in [0.25, 0.3) is 0 Å². The monoisotopic (exact) mass is 668 g/mol. The van der Waals surface area contributed by atoms with Crippen molar-refractivity contribution < 1.29 is 58.2 Å². The smallest absolute Gasteiger partial charge is 0.435 e. The van der Waals surface area contributed by atoms with E-state index in [4.69, 9.17) is 0 Å². The Labute approximate surface area is 252 Å². The van der Waals surface area contributed by atoms with Crippen LogP contribution in [-0.4, -0.2) is 68.8 Å². The first-order valence-corrected chi connectivity index (χ1v) is 15.5. The van der Waals surface area contributed by atoms with Gasteiger partial charge in [-0.3, -0.25) is 9.59 Å². The summed E-state index contributed by atoms with van der Waals surface area (Å²) in [6.45, 7) is -0.553. The summed E-state index contributed by atoms with van der Waals surface area (Å²) in [6.07, 6.45) is -12.3. The number of sulfone groups is 1. The predicted molar refractivity (Wildman–Crippen MR) is 143 cm³/mol. The Balaban J connectivity index is 1.66. The van der Waals surface area contributed by atoms with Gasteiger partial charge >= 0.3 is 24.0 Å². The highest BCUT2D eigenvalue weighted by Crippen LogP contribution is 2.57. The average Bonchev–Trinajstić information content (AvgIpc) is 3.36. The highest BCUT2D eigenvalue weighted by molar-refractivity contribution is 7.92. The van der Waals surface area contributed by atoms with Crippen molar-refractivity contribution in [3.63, 3.8) is 0 Å². The number of benzene rings is 2. The summed E-state index contributed by atoms with van der Waals surface area (Å²) >= 11 is 0. The first-order valence-electron chi connectivity index (χ1n) is 14.0. The van der Waals surface area contributed by atoms with Gasteiger partial charge in [-0.05, 0) is 61.9 Å². The van der Waals surface area contributed by atoms with E-state index in [0.717, 1.165) is 24.3 Å². The Hall–Kier alpha value is -3.43. The van der Waals surface area contributed by atoms with Gasteiger partial charge in [-0.25, -0.2) is 17.2 Å². The molecule has 3 aliphatic rings. The molecule has 2 heterocycles. The maximum Gasteiger partial charge on any atom is 0.435 e. The molecule has 1 aliphatic carbocycles. The third-order valence-corrected chi connectivity index (χ3v) is 12.0. The number of hydrogen-bond donors (Lipinski definition) is 1. The van der Waals surface area contributed by atoms with Crippen LogP contribution in [0.15, 0.2) is 47.4 Å². The number of amides is 1. The van der Waals surface area contributed by atoms with E-state index < -0.39 is 84.3 Å². The molecule has 2 aromatic carbocycles. The van der Waals surface area contributed by atoms with Crippen LogP contribution in [-0.2, 0) is 29.8 Å². The van der Waals surface area contributed by atoms with E-state index in [0.29, 0.717) is 12.1 Å². The summed E-state index contributed by atoms with van der Waals surface area (Å²) < 4.78 is 138. The number of rotatable bonds is 5. The van der Waals surface area contributed by atoms with Gasteiger partial charge in [-0.1, -0.05) is 18.2 Å². The van der Waals surface area contributed by atoms with Gasteiger partial charge in [0.1, 0.15) is 10.6 Å². The number of carboxylic acid groups (broad SMARTS) is 1. The highest BCUT2D eigenvalue weighted by atomic mass is 32.2. The van der Waals surface area contributed by atoms with Gasteiger partial charge in [0, 0.05) is 37.3 Å². The van der Waals surface area contributed by atoms with E-state index in [1.165, 1.54) is 16.8 Å². The number of likely N-dealkylation sites (N-methyl/N-ethyl adjacent to an activating group) is 1. The summed E-state index contributed by atoms with van der Waals surface area (Å²) in [7, 11) is -3.45. The number of aliphatic carboxylic acids is 1. The molecule has 1 saturated carbocycles. The van der Waals surface area contributed by atoms with Crippen LogP contribution in [0.5, 0.6) is 0 Å². The van der Waals surface area contributed by atoms with Crippen LogP contribution in [0.4, 0.5) is 40.8 Å². The lowest BCUT2D eigenvalue weighted by molar-refractivity contribution is -0.348. The second-order valence-electron chi connectivity index (χ2n) is 11.8. The lowest BCUT2D eigenvalue weighted by Gasteiger charge is -2.47. The third-order valence-electron chi connectivity index (χ3n) is 9.42. The van der Waals surface area contributed by atoms with Crippen LogP contribution in [0.25, 0.3) is 0 Å². The molecule has 16 heteroatoms. The van der Waals surface area contributed by atoms with Crippen molar-refractivity contribution in [2.24, 2.45) is 11.8 Å². The third kappa shape index (κ3) is 4.94. The molecular weight excluding hydrogens is 640 g/mol. The van der Waals surface area contributed by atoms with E-state index in [2.05, 4.69) is 0 Å². The number of fused-ring (bicyclic) bond motifs is 3. The molecule has 2 aromatic rings. The molecule has 45 heavy (non-hydrogen) atoms. The van der Waals surface area contributed by atoms with Gasteiger partial charge in [0.05, 0.1) is 16.9 Å². The molecule has 1 saturated heterocycles. The maximum absolute atomic E-state index is 15.1. The molecule has 5 rings (SSSR count). The molecule has 0 radical (unpaired) electrons. The van der Waals surface area contributed by atoms with Crippen LogP contribution >= 0.6 is 0 Å². The normalized spacial score (nSPS) is 25.9. The number of halogens is 8. The number of alkyl halides is 7. The van der Waals surface area contributed by atoms with Crippen molar-refractivity contribution in [2.75, 3.05) is 25.0 Å². The second-order valence-corrected chi connectivity index (χ2v) is 14.0. The molecular formula is C29H28F8N2O5S. The number of hydrogen-bond acceptors (Lipinski definition) is 5. The zero-order chi connectivity index (χ0) is 33.3. The first-order chi connectivity index (χ1) is 20.8. The molecule has 2 unspecified atom stereocenters. The Morgan fingerprint density at radius 2 is 1.51 bits per heavy atom. The minimum absolute atomic E-state index is 0.177. The van der Waals surface area contributed by atoms with Crippen LogP contribution in [0.2, 0.25) is 0 Å². The lowest BCUT2D eigenvalue weighted by Crippen LogP contribution is -2.58. The fourth-order valence-corrected chi connectivity index (χ4v) is 9.40. The Morgan fingerprint density at radius 1 is 0.911 bits per heavy atom. The Bertz CT molecular complexity index is 1610. The minimum Gasteiger partial charge on any atom is -0.481 e. The van der Waals surface area contributed by atoms with Gasteiger partial charge in [0.2, 0.25) is 5.91 Å². The fraction of sp³-hybridized carbons (Fsp3) is 0.517. The predicted octanol–water partition coefficient (Wildman–Crippen LogP) is 5.73. The molecule has 1 N–H and O–H groups in total. The number of nitrogens with zero attached hydrogens (tertiary/aromatic N) is 2. The molecule has 0 aromatic heterocycles. The summed E-state index contributed by atoms with van der Waals surface area (Å²) in [4.78, 5) is 27.2. The van der Waals surface area contributed by atoms with Crippen molar-refractivity contribution in [1.29, 1.82) is 0 Å². The minimum atomic E-state index is -6.41. The van der Waals surface area contributed by atoms with E-state index in [1.54, 1.807) is 0 Å². The van der Waals surface area contributed by atoms with Crippen LogP contribution in [0.3, 0.4) is 0 Å². The average molecular weight is 669 g/mol. The SMILES string of the molecule is CN1CC2N(C(=O)C3CCC(C(=O)O)CC3)CCC2(S(=O)(=O)c2cccc(F)c2)c2ccc(C(F)(C(F)(F)F)C(F)(F)F)cc21. The van der Waals surface area contributed by atoms with Crippen molar-refractivity contribution in [3.05, 3.63) is 59.4 Å². The summed E-state index contributed by atoms with van der Waals surface area (Å²) in [5.41, 5.74) is -8.25. The molecule has 2 fully saturated rings. The molecule has 2 aliphatic heterocycles. The van der Waals surface area contributed by atoms with Crippen LogP contribution < -0.4 is 4.90 Å². The van der Waals surface area contributed by atoms with E-state index in [9.17, 15) is 53.8 Å². The second kappa shape index (κ2) is 10.8. The number of carboxylic acids is 1. The summed E-state index contributed by atoms with van der Waals surface area (Å²) in [5, 5.41) is 9.32. The lowest BCUT2D eigenvalue weighted by atomic mass is 9.80. The zero-order valence-electron chi connectivity index (χ0n) is 23.6. The van der Waals surface area contributed by atoms with Crippen LogP contribution in [0.1, 0.15) is 43.2 Å². The largest absolute Gasteiger partial charge is 0.481 e. The number of anilines is 1. The fourth-order valence-electron chi connectivity index (χ4n) is 7.07. The maximum atomic E-state index is 15.1. The topological polar surface area (TPSA) is 95.0 Å². The van der Waals surface area contributed by atoms with Gasteiger partial charge in [-0.15, -0.1) is 0 Å². The van der Waals surface area contributed by atoms with Crippen molar-refractivity contribution in [2.45, 2.75) is 65.8 Å². The Morgan fingerprint density at radius 3 is 2.07 bits per heavy atom. The first kappa shape index (κ1) is 32.9. The molecule has 2 atom stereocenters. The van der Waals surface area contributed by atoms with E-state index >= 15 is 4.39 Å². The van der Waals surface area contributed by atoms with Gasteiger partial charge < -0.3 is 14.9 Å². The molecule has 0 spiro atoms. The molecule has 246 valence electrons. The van der Waals surface area contributed by atoms with Crippen molar-refractivity contribution in [3.8, 4) is 0 Å². The number of likely N-dealkylation sites (tertiary alicyclic amines) is 1. The summed E-state index contributed by atoms with van der Waals surface area (Å²) in [5.74, 6) is -3.68. The Kier molecular flexibility index (Phi) is 7.93.